The molecule has 4 aromatic rings. The molecule has 0 aliphatic heterocycles. The molecule has 6 nitrogen and oxygen atoms in total. The summed E-state index contributed by atoms with van der Waals surface area (Å²) in [5.41, 5.74) is 10.7. The molecule has 7 heteroatoms. The number of rotatable bonds is 4. The molecule has 0 atom stereocenters. The van der Waals surface area contributed by atoms with Crippen LogP contribution in [0.3, 0.4) is 0 Å². The molecule has 3 N–H and O–H groups in total. The number of nitrogens with two attached hydrogens (primary N) is 1. The van der Waals surface area contributed by atoms with Gasteiger partial charge in [0, 0.05) is 17.5 Å². The monoisotopic (exact) mass is 404 g/mol. The van der Waals surface area contributed by atoms with E-state index in [-0.39, 0.29) is 11.2 Å². The van der Waals surface area contributed by atoms with E-state index in [4.69, 9.17) is 15.7 Å². The van der Waals surface area contributed by atoms with Crippen molar-refractivity contribution in [3.8, 4) is 22.6 Å². The Kier molecular flexibility index (Phi) is 4.17. The third-order valence-corrected chi connectivity index (χ3v) is 5.55. The average Bonchev–Trinajstić information content (AvgIpc) is 3.31. The van der Waals surface area contributed by atoms with Gasteiger partial charge in [-0.3, -0.25) is 4.57 Å². The molecular formula is C23H25FN6. The van der Waals surface area contributed by atoms with E-state index in [1.54, 1.807) is 12.1 Å². The van der Waals surface area contributed by atoms with Crippen LogP contribution < -0.4 is 5.73 Å². The van der Waals surface area contributed by atoms with Crippen LogP contribution >= 0.6 is 0 Å². The van der Waals surface area contributed by atoms with Crippen molar-refractivity contribution < 1.29 is 4.39 Å². The van der Waals surface area contributed by atoms with E-state index < -0.39 is 0 Å². The quantitative estimate of drug-likeness (QED) is 0.506. The fraction of sp³-hybridized carbons (Fsp3) is 0.348. The number of anilines is 1. The predicted octanol–water partition coefficient (Wildman–Crippen LogP) is 4.92. The molecule has 1 aromatic carbocycles. The molecule has 5 rings (SSSR count). The maximum atomic E-state index is 13.5. The number of hydrogen-bond donors (Lipinski definition) is 2. The Balaban J connectivity index is 1.67. The van der Waals surface area contributed by atoms with Gasteiger partial charge in [-0.2, -0.15) is 0 Å². The lowest BCUT2D eigenvalue weighted by atomic mass is 9.96. The van der Waals surface area contributed by atoms with Gasteiger partial charge in [-0.15, -0.1) is 0 Å². The number of fused-ring (bicyclic) bond motifs is 1. The predicted molar refractivity (Wildman–Crippen MR) is 116 cm³/mol. The number of imidazole rings is 2. The van der Waals surface area contributed by atoms with E-state index in [2.05, 4.69) is 30.7 Å². The highest BCUT2D eigenvalue weighted by atomic mass is 19.1. The zero-order valence-electron chi connectivity index (χ0n) is 17.4. The zero-order valence-corrected chi connectivity index (χ0v) is 17.4. The van der Waals surface area contributed by atoms with Crippen molar-refractivity contribution in [2.75, 3.05) is 5.73 Å². The maximum absolute atomic E-state index is 13.5. The second kappa shape index (κ2) is 6.65. The molecule has 0 amide bonds. The number of nitrogens with one attached hydrogen (secondary N) is 1. The second-order valence-electron chi connectivity index (χ2n) is 9.13. The number of nitrogens with zero attached hydrogens (tertiary/aromatic N) is 4. The van der Waals surface area contributed by atoms with Gasteiger partial charge in [-0.25, -0.2) is 19.3 Å². The van der Waals surface area contributed by atoms with Gasteiger partial charge in [0.15, 0.2) is 5.65 Å². The number of hydrogen-bond acceptors (Lipinski definition) is 4. The van der Waals surface area contributed by atoms with Crippen molar-refractivity contribution in [2.45, 2.75) is 45.6 Å². The Bertz CT molecular complexity index is 1230. The Labute approximate surface area is 174 Å². The summed E-state index contributed by atoms with van der Waals surface area (Å²) in [5, 5.41) is 0. The Morgan fingerprint density at radius 3 is 2.47 bits per heavy atom. The molecule has 3 aromatic heterocycles. The molecule has 0 saturated heterocycles. The standard InChI is InChI=1S/C23H25FN6/c1-23(2,3)21-28-18(14-6-8-15(24)9-7-14)19(29-21)16-10-11-17-20(26-16)30(22(25)27-17)12-13-4-5-13/h6-11,13H,4-5,12H2,1-3H3,(H2,25,27)(H,28,29). The van der Waals surface area contributed by atoms with Crippen LogP contribution in [0.4, 0.5) is 10.3 Å². The highest BCUT2D eigenvalue weighted by Crippen LogP contribution is 2.35. The van der Waals surface area contributed by atoms with Crippen molar-refractivity contribution in [2.24, 2.45) is 5.92 Å². The van der Waals surface area contributed by atoms with Gasteiger partial charge >= 0.3 is 0 Å². The van der Waals surface area contributed by atoms with Gasteiger partial charge in [0.2, 0.25) is 5.95 Å². The van der Waals surface area contributed by atoms with Crippen LogP contribution in [0.2, 0.25) is 0 Å². The second-order valence-corrected chi connectivity index (χ2v) is 9.13. The minimum absolute atomic E-state index is 0.171. The molecule has 154 valence electrons. The molecule has 0 radical (unpaired) electrons. The van der Waals surface area contributed by atoms with E-state index in [1.807, 2.05) is 16.7 Å². The molecule has 0 spiro atoms. The Morgan fingerprint density at radius 2 is 1.80 bits per heavy atom. The van der Waals surface area contributed by atoms with Crippen LogP contribution in [-0.2, 0) is 12.0 Å². The number of H-pyrrole nitrogens is 1. The number of aromatic nitrogens is 5. The van der Waals surface area contributed by atoms with E-state index >= 15 is 0 Å². The number of nitrogen functional groups attached to an aromatic ring is 1. The van der Waals surface area contributed by atoms with Crippen LogP contribution in [0.1, 0.15) is 39.4 Å². The first-order chi connectivity index (χ1) is 14.3. The molecule has 0 unspecified atom stereocenters. The molecule has 0 bridgehead atoms. The first kappa shape index (κ1) is 18.8. The lowest BCUT2D eigenvalue weighted by molar-refractivity contribution is 0.553. The summed E-state index contributed by atoms with van der Waals surface area (Å²) in [5.74, 6) is 1.74. The summed E-state index contributed by atoms with van der Waals surface area (Å²) in [4.78, 5) is 17.7. The van der Waals surface area contributed by atoms with Crippen LogP contribution in [0.25, 0.3) is 33.8 Å². The third kappa shape index (κ3) is 3.34. The van der Waals surface area contributed by atoms with Crippen LogP contribution in [0.15, 0.2) is 36.4 Å². The van der Waals surface area contributed by atoms with Crippen LogP contribution in [-0.4, -0.2) is 24.5 Å². The third-order valence-electron chi connectivity index (χ3n) is 5.55. The molecule has 1 saturated carbocycles. The van der Waals surface area contributed by atoms with Crippen molar-refractivity contribution in [1.82, 2.24) is 24.5 Å². The number of aromatic amines is 1. The Hall–Kier alpha value is -3.22. The minimum atomic E-state index is -0.272. The first-order valence-corrected chi connectivity index (χ1v) is 10.3. The van der Waals surface area contributed by atoms with Crippen LogP contribution in [0, 0.1) is 11.7 Å². The van der Waals surface area contributed by atoms with Gasteiger partial charge in [0.05, 0.1) is 17.1 Å². The lowest BCUT2D eigenvalue weighted by Gasteiger charge is -2.14. The molecule has 1 aliphatic rings. The van der Waals surface area contributed by atoms with Crippen molar-refractivity contribution in [1.29, 1.82) is 0 Å². The van der Waals surface area contributed by atoms with Crippen molar-refractivity contribution in [3.63, 3.8) is 0 Å². The SMILES string of the molecule is CC(C)(C)c1nc(-c2ccc(F)cc2)c(-c2ccc3nc(N)n(CC4CC4)c3n2)[nH]1. The highest BCUT2D eigenvalue weighted by Gasteiger charge is 2.26. The van der Waals surface area contributed by atoms with E-state index in [9.17, 15) is 4.39 Å². The largest absolute Gasteiger partial charge is 0.369 e. The van der Waals surface area contributed by atoms with Crippen LogP contribution in [0.5, 0.6) is 0 Å². The highest BCUT2D eigenvalue weighted by molar-refractivity contribution is 5.82. The summed E-state index contributed by atoms with van der Waals surface area (Å²) in [7, 11) is 0. The van der Waals surface area contributed by atoms with Gasteiger partial charge in [-0.05, 0) is 55.2 Å². The molecule has 1 fully saturated rings. The van der Waals surface area contributed by atoms with Crippen molar-refractivity contribution in [3.05, 3.63) is 48.0 Å². The molecular weight excluding hydrogens is 379 g/mol. The summed E-state index contributed by atoms with van der Waals surface area (Å²) >= 11 is 0. The zero-order chi connectivity index (χ0) is 21.0. The van der Waals surface area contributed by atoms with Gasteiger partial charge in [0.1, 0.15) is 17.2 Å². The molecule has 1 aliphatic carbocycles. The smallest absolute Gasteiger partial charge is 0.202 e. The van der Waals surface area contributed by atoms with E-state index in [0.29, 0.717) is 11.9 Å². The maximum Gasteiger partial charge on any atom is 0.202 e. The molecule has 30 heavy (non-hydrogen) atoms. The number of pyridine rings is 1. The topological polar surface area (TPSA) is 85.4 Å². The molecule has 3 heterocycles. The number of halogens is 1. The fourth-order valence-electron chi connectivity index (χ4n) is 3.63. The van der Waals surface area contributed by atoms with Gasteiger partial charge < -0.3 is 10.7 Å². The summed E-state index contributed by atoms with van der Waals surface area (Å²) in [6.45, 7) is 7.16. The Morgan fingerprint density at radius 1 is 1.07 bits per heavy atom. The normalized spacial score (nSPS) is 14.5. The van der Waals surface area contributed by atoms with Gasteiger partial charge in [-0.1, -0.05) is 20.8 Å². The lowest BCUT2D eigenvalue weighted by Crippen LogP contribution is -2.13. The minimum Gasteiger partial charge on any atom is -0.369 e. The van der Waals surface area contributed by atoms with Crippen molar-refractivity contribution >= 4 is 17.1 Å². The van der Waals surface area contributed by atoms with E-state index in [0.717, 1.165) is 46.2 Å². The first-order valence-electron chi connectivity index (χ1n) is 10.3. The van der Waals surface area contributed by atoms with Gasteiger partial charge in [0.25, 0.3) is 0 Å². The summed E-state index contributed by atoms with van der Waals surface area (Å²) in [6, 6.07) is 10.3. The summed E-state index contributed by atoms with van der Waals surface area (Å²) in [6.07, 6.45) is 2.45. The average molecular weight is 404 g/mol. The number of benzene rings is 1. The summed E-state index contributed by atoms with van der Waals surface area (Å²) < 4.78 is 15.5. The fourth-order valence-corrected chi connectivity index (χ4v) is 3.63. The van der Waals surface area contributed by atoms with E-state index in [1.165, 1.54) is 25.0 Å².